The van der Waals surface area contributed by atoms with Crippen LogP contribution in [-0.2, 0) is 4.79 Å². The first kappa shape index (κ1) is 11.6. The van der Waals surface area contributed by atoms with Gasteiger partial charge in [-0.15, -0.1) is 0 Å². The Kier molecular flexibility index (Phi) is 7.00. The first-order chi connectivity index (χ1) is 5.74. The van der Waals surface area contributed by atoms with E-state index in [1.54, 1.807) is 0 Å². The smallest absolute Gasteiger partial charge is 0.116 e. The zero-order valence-electron chi connectivity index (χ0n) is 7.70. The van der Waals surface area contributed by atoms with Crippen LogP contribution >= 0.6 is 0 Å². The first-order valence-corrected chi connectivity index (χ1v) is 4.50. The van der Waals surface area contributed by atoms with E-state index in [4.69, 9.17) is 15.6 Å². The van der Waals surface area contributed by atoms with Gasteiger partial charge in [0.1, 0.15) is 6.29 Å². The fourth-order valence-corrected chi connectivity index (χ4v) is 1.37. The summed E-state index contributed by atoms with van der Waals surface area (Å²) >= 11 is 0. The topological polar surface area (TPSA) is 63.3 Å². The van der Waals surface area contributed by atoms with Crippen LogP contribution in [-0.4, -0.2) is 24.0 Å². The number of carbonyl (C=O) groups excluding carboxylic acids is 1. The van der Waals surface area contributed by atoms with Crippen molar-refractivity contribution in [3.05, 3.63) is 0 Å². The molecule has 3 N–H and O–H groups in total. The van der Waals surface area contributed by atoms with E-state index in [-0.39, 0.29) is 0 Å². The Morgan fingerprint density at radius 1 is 1.42 bits per heavy atom. The molecule has 0 amide bonds. The monoisotopic (exact) mass is 173 g/mol. The molecule has 0 aromatic rings. The molecule has 1 fully saturated rings. The number of aliphatic hydroxyl groups is 1. The van der Waals surface area contributed by atoms with Gasteiger partial charge in [0.25, 0.3) is 0 Å². The van der Waals surface area contributed by atoms with Crippen LogP contribution in [0.25, 0.3) is 0 Å². The highest BCUT2D eigenvalue weighted by Gasteiger charge is 2.16. The molecule has 1 rings (SSSR count). The van der Waals surface area contributed by atoms with Gasteiger partial charge in [0.15, 0.2) is 0 Å². The molecular formula is C9H19NO2. The van der Waals surface area contributed by atoms with Gasteiger partial charge in [0.2, 0.25) is 0 Å². The zero-order chi connectivity index (χ0) is 9.40. The summed E-state index contributed by atoms with van der Waals surface area (Å²) in [5, 5.41) is 8.74. The molecule has 0 heterocycles. The molecule has 1 saturated carbocycles. The number of hydrogen-bond donors (Lipinski definition) is 2. The van der Waals surface area contributed by atoms with Gasteiger partial charge in [-0.1, -0.05) is 0 Å². The van der Waals surface area contributed by atoms with Crippen molar-refractivity contribution < 1.29 is 9.90 Å². The summed E-state index contributed by atoms with van der Waals surface area (Å²) in [4.78, 5) is 8.81. The van der Waals surface area contributed by atoms with Gasteiger partial charge < -0.3 is 15.6 Å². The SMILES string of the molecule is CC=O.NC1CCC(CO)CC1. The van der Waals surface area contributed by atoms with Crippen molar-refractivity contribution in [2.24, 2.45) is 11.7 Å². The fourth-order valence-electron chi connectivity index (χ4n) is 1.37. The lowest BCUT2D eigenvalue weighted by Crippen LogP contribution is -2.27. The summed E-state index contributed by atoms with van der Waals surface area (Å²) in [5.74, 6) is 0.546. The van der Waals surface area contributed by atoms with Gasteiger partial charge >= 0.3 is 0 Å². The molecule has 0 aliphatic heterocycles. The third-order valence-corrected chi connectivity index (χ3v) is 2.15. The number of aldehydes is 1. The van der Waals surface area contributed by atoms with Crippen LogP contribution in [0.4, 0.5) is 0 Å². The minimum absolute atomic E-state index is 0.354. The molecule has 0 unspecified atom stereocenters. The van der Waals surface area contributed by atoms with Crippen LogP contribution in [0.3, 0.4) is 0 Å². The third kappa shape index (κ3) is 5.27. The largest absolute Gasteiger partial charge is 0.396 e. The first-order valence-electron chi connectivity index (χ1n) is 4.50. The maximum atomic E-state index is 8.81. The van der Waals surface area contributed by atoms with Gasteiger partial charge in [-0.2, -0.15) is 0 Å². The second kappa shape index (κ2) is 7.25. The molecular weight excluding hydrogens is 154 g/mol. The second-order valence-corrected chi connectivity index (χ2v) is 3.20. The van der Waals surface area contributed by atoms with Gasteiger partial charge in [0.05, 0.1) is 0 Å². The van der Waals surface area contributed by atoms with E-state index in [0.29, 0.717) is 18.6 Å². The summed E-state index contributed by atoms with van der Waals surface area (Å²) in [6, 6.07) is 0.410. The van der Waals surface area contributed by atoms with E-state index in [1.165, 1.54) is 6.92 Å². The van der Waals surface area contributed by atoms with Crippen molar-refractivity contribution >= 4 is 6.29 Å². The van der Waals surface area contributed by atoms with Crippen LogP contribution in [0.1, 0.15) is 32.6 Å². The number of rotatable bonds is 1. The van der Waals surface area contributed by atoms with Crippen LogP contribution < -0.4 is 5.73 Å². The lowest BCUT2D eigenvalue weighted by atomic mass is 9.87. The standard InChI is InChI=1S/C7H15NO.C2H4O/c8-7-3-1-6(5-9)2-4-7;1-2-3/h6-7,9H,1-5,8H2;2H,1H3. The molecule has 0 saturated heterocycles. The molecule has 0 aromatic heterocycles. The molecule has 3 heteroatoms. The Balaban J connectivity index is 0.000000354. The predicted molar refractivity (Wildman–Crippen MR) is 48.8 cm³/mol. The molecule has 0 spiro atoms. The Morgan fingerprint density at radius 3 is 2.17 bits per heavy atom. The summed E-state index contributed by atoms with van der Waals surface area (Å²) in [7, 11) is 0. The number of nitrogens with two attached hydrogens (primary N) is 1. The number of carbonyl (C=O) groups is 1. The average molecular weight is 173 g/mol. The quantitative estimate of drug-likeness (QED) is 0.574. The van der Waals surface area contributed by atoms with Crippen LogP contribution in [0.2, 0.25) is 0 Å². The second-order valence-electron chi connectivity index (χ2n) is 3.20. The maximum Gasteiger partial charge on any atom is 0.116 e. The van der Waals surface area contributed by atoms with Crippen molar-refractivity contribution in [3.8, 4) is 0 Å². The lowest BCUT2D eigenvalue weighted by Gasteiger charge is -2.23. The van der Waals surface area contributed by atoms with E-state index in [1.807, 2.05) is 0 Å². The average Bonchev–Trinajstić information content (AvgIpc) is 2.07. The Bertz CT molecular complexity index is 109. The summed E-state index contributed by atoms with van der Waals surface area (Å²) in [6.45, 7) is 1.80. The molecule has 0 atom stereocenters. The molecule has 0 radical (unpaired) electrons. The molecule has 1 aliphatic rings. The van der Waals surface area contributed by atoms with Gasteiger partial charge in [-0.3, -0.25) is 0 Å². The summed E-state index contributed by atoms with van der Waals surface area (Å²) in [5.41, 5.74) is 5.67. The van der Waals surface area contributed by atoms with Crippen molar-refractivity contribution in [2.75, 3.05) is 6.61 Å². The van der Waals surface area contributed by atoms with Crippen molar-refractivity contribution in [3.63, 3.8) is 0 Å². The van der Waals surface area contributed by atoms with Gasteiger partial charge in [-0.05, 0) is 38.5 Å². The number of aliphatic hydroxyl groups excluding tert-OH is 1. The van der Waals surface area contributed by atoms with E-state index >= 15 is 0 Å². The lowest BCUT2D eigenvalue weighted by molar-refractivity contribution is -0.106. The van der Waals surface area contributed by atoms with Gasteiger partial charge in [0, 0.05) is 12.6 Å². The normalized spacial score (nSPS) is 28.6. The highest BCUT2D eigenvalue weighted by atomic mass is 16.3. The third-order valence-electron chi connectivity index (χ3n) is 2.15. The minimum Gasteiger partial charge on any atom is -0.396 e. The molecule has 3 nitrogen and oxygen atoms in total. The Hall–Kier alpha value is -0.410. The summed E-state index contributed by atoms with van der Waals surface area (Å²) in [6.07, 6.45) is 5.20. The predicted octanol–water partition coefficient (Wildman–Crippen LogP) is 0.701. The van der Waals surface area contributed by atoms with E-state index < -0.39 is 0 Å². The Labute approximate surface area is 74.0 Å². The molecule has 0 bridgehead atoms. The van der Waals surface area contributed by atoms with Crippen molar-refractivity contribution in [1.29, 1.82) is 0 Å². The van der Waals surface area contributed by atoms with Crippen LogP contribution in [0.5, 0.6) is 0 Å². The molecule has 12 heavy (non-hydrogen) atoms. The highest BCUT2D eigenvalue weighted by molar-refractivity contribution is 5.44. The highest BCUT2D eigenvalue weighted by Crippen LogP contribution is 2.21. The Morgan fingerprint density at radius 2 is 1.83 bits per heavy atom. The minimum atomic E-state index is 0.354. The van der Waals surface area contributed by atoms with Crippen LogP contribution in [0.15, 0.2) is 0 Å². The zero-order valence-corrected chi connectivity index (χ0v) is 7.70. The van der Waals surface area contributed by atoms with Gasteiger partial charge in [-0.25, -0.2) is 0 Å². The van der Waals surface area contributed by atoms with E-state index in [0.717, 1.165) is 32.0 Å². The molecule has 72 valence electrons. The maximum absolute atomic E-state index is 8.81. The number of hydrogen-bond acceptors (Lipinski definition) is 3. The van der Waals surface area contributed by atoms with Crippen molar-refractivity contribution in [2.45, 2.75) is 38.6 Å². The fraction of sp³-hybridized carbons (Fsp3) is 0.889. The molecule has 1 aliphatic carbocycles. The molecule has 0 aromatic carbocycles. The van der Waals surface area contributed by atoms with Crippen LogP contribution in [0, 0.1) is 5.92 Å². The van der Waals surface area contributed by atoms with E-state index in [2.05, 4.69) is 0 Å². The summed E-state index contributed by atoms with van der Waals surface area (Å²) < 4.78 is 0. The van der Waals surface area contributed by atoms with E-state index in [9.17, 15) is 0 Å². The van der Waals surface area contributed by atoms with Crippen molar-refractivity contribution in [1.82, 2.24) is 0 Å².